The molecule has 0 bridgehead atoms. The van der Waals surface area contributed by atoms with Gasteiger partial charge in [0.25, 0.3) is 0 Å². The summed E-state index contributed by atoms with van der Waals surface area (Å²) >= 11 is 3.37. The molecule has 0 atom stereocenters. The molecular formula is C22H27BrN4O3. The number of halogens is 1. The van der Waals surface area contributed by atoms with E-state index in [0.717, 1.165) is 26.9 Å². The Morgan fingerprint density at radius 1 is 0.900 bits per heavy atom. The minimum atomic E-state index is -0.335. The molecule has 0 aromatic heterocycles. The Bertz CT molecular complexity index is 923. The third kappa shape index (κ3) is 7.27. The van der Waals surface area contributed by atoms with Crippen LogP contribution in [0.4, 0.5) is 11.4 Å². The average molecular weight is 475 g/mol. The average Bonchev–Trinajstić information content (AvgIpc) is 2.64. The third-order valence-corrected chi connectivity index (χ3v) is 5.05. The van der Waals surface area contributed by atoms with Crippen molar-refractivity contribution in [1.29, 1.82) is 0 Å². The molecule has 0 unspecified atom stereocenters. The summed E-state index contributed by atoms with van der Waals surface area (Å²) in [5.41, 5.74) is 4.51. The molecular weight excluding hydrogens is 448 g/mol. The predicted octanol–water partition coefficient (Wildman–Crippen LogP) is 3.00. The SMILES string of the molecule is Cc1cc(C)c(NC(=O)CNC(=O)CN(C)CC(=O)Nc2ccccc2Br)c(C)c1. The van der Waals surface area contributed by atoms with E-state index in [1.54, 1.807) is 18.0 Å². The first-order valence-corrected chi connectivity index (χ1v) is 10.3. The number of anilines is 2. The number of para-hydroxylation sites is 1. The highest BCUT2D eigenvalue weighted by Gasteiger charge is 2.14. The summed E-state index contributed by atoms with van der Waals surface area (Å²) in [5.74, 6) is -0.869. The summed E-state index contributed by atoms with van der Waals surface area (Å²) in [4.78, 5) is 38.0. The lowest BCUT2D eigenvalue weighted by atomic mass is 10.1. The first kappa shape index (κ1) is 23.6. The first-order chi connectivity index (χ1) is 14.2. The van der Waals surface area contributed by atoms with Crippen molar-refractivity contribution in [2.75, 3.05) is 37.3 Å². The number of rotatable bonds is 8. The van der Waals surface area contributed by atoms with Gasteiger partial charge in [-0.2, -0.15) is 0 Å². The molecule has 0 aliphatic carbocycles. The number of carbonyl (C=O) groups is 3. The van der Waals surface area contributed by atoms with Gasteiger partial charge in [-0.25, -0.2) is 0 Å². The Labute approximate surface area is 185 Å². The van der Waals surface area contributed by atoms with Gasteiger partial charge in [-0.3, -0.25) is 19.3 Å². The number of hydrogen-bond acceptors (Lipinski definition) is 4. The fourth-order valence-electron chi connectivity index (χ4n) is 3.09. The van der Waals surface area contributed by atoms with Crippen molar-refractivity contribution in [3.05, 3.63) is 57.6 Å². The van der Waals surface area contributed by atoms with E-state index in [0.29, 0.717) is 5.69 Å². The van der Waals surface area contributed by atoms with Crippen LogP contribution >= 0.6 is 15.9 Å². The number of carbonyl (C=O) groups excluding carboxylic acids is 3. The van der Waals surface area contributed by atoms with E-state index in [1.807, 2.05) is 51.1 Å². The van der Waals surface area contributed by atoms with Crippen LogP contribution in [-0.4, -0.2) is 49.3 Å². The van der Waals surface area contributed by atoms with Gasteiger partial charge in [0.05, 0.1) is 25.3 Å². The molecule has 2 aromatic carbocycles. The fourth-order valence-corrected chi connectivity index (χ4v) is 3.48. The van der Waals surface area contributed by atoms with Crippen molar-refractivity contribution in [1.82, 2.24) is 10.2 Å². The summed E-state index contributed by atoms with van der Waals surface area (Å²) in [7, 11) is 1.66. The van der Waals surface area contributed by atoms with Crippen molar-refractivity contribution >= 4 is 45.0 Å². The van der Waals surface area contributed by atoms with Crippen LogP contribution in [0.15, 0.2) is 40.9 Å². The molecule has 8 heteroatoms. The molecule has 0 spiro atoms. The van der Waals surface area contributed by atoms with Crippen LogP contribution in [0, 0.1) is 20.8 Å². The molecule has 7 nitrogen and oxygen atoms in total. The number of hydrogen-bond donors (Lipinski definition) is 3. The van der Waals surface area contributed by atoms with Crippen LogP contribution in [0.25, 0.3) is 0 Å². The Hall–Kier alpha value is -2.71. The maximum atomic E-state index is 12.2. The topological polar surface area (TPSA) is 90.5 Å². The van der Waals surface area contributed by atoms with Crippen LogP contribution in [0.2, 0.25) is 0 Å². The van der Waals surface area contributed by atoms with Crippen molar-refractivity contribution in [2.45, 2.75) is 20.8 Å². The maximum Gasteiger partial charge on any atom is 0.243 e. The number of amides is 3. The van der Waals surface area contributed by atoms with Crippen LogP contribution < -0.4 is 16.0 Å². The Morgan fingerprint density at radius 3 is 2.13 bits per heavy atom. The van der Waals surface area contributed by atoms with Gasteiger partial charge in [0.15, 0.2) is 0 Å². The van der Waals surface area contributed by atoms with Gasteiger partial charge in [0.2, 0.25) is 17.7 Å². The standard InChI is InChI=1S/C22H27BrN4O3/c1-14-9-15(2)22(16(3)10-14)26-19(28)11-24-20(29)12-27(4)13-21(30)25-18-8-6-5-7-17(18)23/h5-10H,11-13H2,1-4H3,(H,24,29)(H,25,30)(H,26,28). The fraction of sp³-hybridized carbons (Fsp3) is 0.318. The van der Waals surface area contributed by atoms with Crippen LogP contribution in [0.3, 0.4) is 0 Å². The number of likely N-dealkylation sites (N-methyl/N-ethyl adjacent to an activating group) is 1. The van der Waals surface area contributed by atoms with Crippen LogP contribution in [-0.2, 0) is 14.4 Å². The highest BCUT2D eigenvalue weighted by Crippen LogP contribution is 2.22. The molecule has 0 heterocycles. The normalized spacial score (nSPS) is 10.6. The summed E-state index contributed by atoms with van der Waals surface area (Å²) < 4.78 is 0.781. The summed E-state index contributed by atoms with van der Waals surface area (Å²) in [6, 6.07) is 11.3. The van der Waals surface area contributed by atoms with Gasteiger partial charge in [-0.1, -0.05) is 29.8 Å². The van der Waals surface area contributed by atoms with Crippen molar-refractivity contribution < 1.29 is 14.4 Å². The van der Waals surface area contributed by atoms with Crippen molar-refractivity contribution in [2.24, 2.45) is 0 Å². The maximum absolute atomic E-state index is 12.2. The van der Waals surface area contributed by atoms with Gasteiger partial charge in [0, 0.05) is 10.2 Å². The number of aryl methyl sites for hydroxylation is 3. The molecule has 0 radical (unpaired) electrons. The van der Waals surface area contributed by atoms with Gasteiger partial charge < -0.3 is 16.0 Å². The lowest BCUT2D eigenvalue weighted by Crippen LogP contribution is -2.41. The summed E-state index contributed by atoms with van der Waals surface area (Å²) in [6.45, 7) is 5.77. The van der Waals surface area contributed by atoms with Crippen molar-refractivity contribution in [3.63, 3.8) is 0 Å². The molecule has 0 aliphatic rings. The third-order valence-electron chi connectivity index (χ3n) is 4.36. The lowest BCUT2D eigenvalue weighted by molar-refractivity contribution is -0.125. The minimum Gasteiger partial charge on any atom is -0.346 e. The molecule has 2 rings (SSSR count). The first-order valence-electron chi connectivity index (χ1n) is 9.53. The molecule has 0 fully saturated rings. The van der Waals surface area contributed by atoms with E-state index in [1.165, 1.54) is 0 Å². The van der Waals surface area contributed by atoms with Crippen LogP contribution in [0.1, 0.15) is 16.7 Å². The van der Waals surface area contributed by atoms with E-state index in [4.69, 9.17) is 0 Å². The molecule has 3 N–H and O–H groups in total. The smallest absolute Gasteiger partial charge is 0.243 e. The molecule has 30 heavy (non-hydrogen) atoms. The molecule has 0 saturated heterocycles. The summed E-state index contributed by atoms with van der Waals surface area (Å²) in [5, 5.41) is 8.21. The number of benzene rings is 2. The molecule has 0 saturated carbocycles. The summed E-state index contributed by atoms with van der Waals surface area (Å²) in [6.07, 6.45) is 0. The second-order valence-electron chi connectivity index (χ2n) is 7.30. The zero-order valence-corrected chi connectivity index (χ0v) is 19.2. The Morgan fingerprint density at radius 2 is 1.50 bits per heavy atom. The van der Waals surface area contributed by atoms with Crippen molar-refractivity contribution in [3.8, 4) is 0 Å². The van der Waals surface area contributed by atoms with Gasteiger partial charge in [-0.15, -0.1) is 0 Å². The second kappa shape index (κ2) is 10.9. The molecule has 3 amide bonds. The van der Waals surface area contributed by atoms with E-state index >= 15 is 0 Å². The quantitative estimate of drug-likeness (QED) is 0.548. The Kier molecular flexibility index (Phi) is 8.56. The highest BCUT2D eigenvalue weighted by molar-refractivity contribution is 9.10. The van der Waals surface area contributed by atoms with E-state index in [2.05, 4.69) is 31.9 Å². The molecule has 0 aliphatic heterocycles. The minimum absolute atomic E-state index is 0.000747. The van der Waals surface area contributed by atoms with Gasteiger partial charge in [-0.05, 0) is 67.0 Å². The van der Waals surface area contributed by atoms with Gasteiger partial charge >= 0.3 is 0 Å². The van der Waals surface area contributed by atoms with E-state index in [-0.39, 0.29) is 37.4 Å². The largest absolute Gasteiger partial charge is 0.346 e. The van der Waals surface area contributed by atoms with Crippen LogP contribution in [0.5, 0.6) is 0 Å². The molecule has 160 valence electrons. The number of nitrogens with zero attached hydrogens (tertiary/aromatic N) is 1. The molecule has 2 aromatic rings. The predicted molar refractivity (Wildman–Crippen MR) is 123 cm³/mol. The highest BCUT2D eigenvalue weighted by atomic mass is 79.9. The van der Waals surface area contributed by atoms with E-state index < -0.39 is 0 Å². The lowest BCUT2D eigenvalue weighted by Gasteiger charge is -2.17. The monoisotopic (exact) mass is 474 g/mol. The zero-order valence-electron chi connectivity index (χ0n) is 17.6. The van der Waals surface area contributed by atoms with Gasteiger partial charge in [0.1, 0.15) is 0 Å². The van der Waals surface area contributed by atoms with E-state index in [9.17, 15) is 14.4 Å². The Balaban J connectivity index is 1.76. The zero-order chi connectivity index (χ0) is 22.3. The second-order valence-corrected chi connectivity index (χ2v) is 8.15. The number of nitrogens with one attached hydrogen (secondary N) is 3.